The van der Waals surface area contributed by atoms with Gasteiger partial charge in [0, 0.05) is 0 Å². The summed E-state index contributed by atoms with van der Waals surface area (Å²) in [6, 6.07) is 11.2. The first-order valence-electron chi connectivity index (χ1n) is 10.5. The molecule has 1 aliphatic heterocycles. The highest BCUT2D eigenvalue weighted by molar-refractivity contribution is 6.04. The molecule has 8 heteroatoms. The van der Waals surface area contributed by atoms with Crippen molar-refractivity contribution in [1.82, 2.24) is 10.6 Å². The zero-order valence-electron chi connectivity index (χ0n) is 18.7. The van der Waals surface area contributed by atoms with Crippen LogP contribution in [0.5, 0.6) is 17.2 Å². The Hall–Kier alpha value is -3.68. The van der Waals surface area contributed by atoms with Crippen LogP contribution in [0.3, 0.4) is 0 Å². The normalized spacial score (nSPS) is 15.5. The summed E-state index contributed by atoms with van der Waals surface area (Å²) in [5.74, 6) is 1.24. The van der Waals surface area contributed by atoms with Crippen molar-refractivity contribution < 1.29 is 28.5 Å². The van der Waals surface area contributed by atoms with E-state index in [1.54, 1.807) is 63.6 Å². The van der Waals surface area contributed by atoms with Gasteiger partial charge < -0.3 is 29.6 Å². The van der Waals surface area contributed by atoms with Crippen molar-refractivity contribution in [3.63, 3.8) is 0 Å². The number of esters is 1. The zero-order valence-corrected chi connectivity index (χ0v) is 18.7. The molecule has 0 radical (unpaired) electrons. The van der Waals surface area contributed by atoms with Gasteiger partial charge in [0.25, 0.3) is 0 Å². The predicted octanol–water partition coefficient (Wildman–Crippen LogP) is 3.82. The molecule has 2 aromatic carbocycles. The van der Waals surface area contributed by atoms with Crippen LogP contribution in [0.4, 0.5) is 4.79 Å². The number of ether oxygens (including phenoxy) is 4. The zero-order chi connectivity index (χ0) is 23.1. The van der Waals surface area contributed by atoms with Crippen LogP contribution >= 0.6 is 0 Å². The number of hydrogen-bond acceptors (Lipinski definition) is 6. The van der Waals surface area contributed by atoms with Gasteiger partial charge in [0.15, 0.2) is 11.5 Å². The van der Waals surface area contributed by atoms with Crippen LogP contribution < -0.4 is 24.8 Å². The quantitative estimate of drug-likeness (QED) is 0.576. The highest BCUT2D eigenvalue weighted by atomic mass is 16.5. The van der Waals surface area contributed by atoms with Gasteiger partial charge in [-0.1, -0.05) is 13.0 Å². The van der Waals surface area contributed by atoms with Gasteiger partial charge in [-0.05, 0) is 60.9 Å². The summed E-state index contributed by atoms with van der Waals surface area (Å²) >= 11 is 0. The molecule has 2 amide bonds. The second kappa shape index (κ2) is 10.6. The highest BCUT2D eigenvalue weighted by Crippen LogP contribution is 2.36. The molecule has 0 bridgehead atoms. The second-order valence-electron chi connectivity index (χ2n) is 7.03. The maximum Gasteiger partial charge on any atom is 0.338 e. The van der Waals surface area contributed by atoms with E-state index in [0.717, 1.165) is 6.42 Å². The number of rotatable bonds is 9. The molecule has 1 aliphatic rings. The molecule has 170 valence electrons. The fraction of sp³-hybridized carbons (Fsp3) is 0.333. The van der Waals surface area contributed by atoms with Crippen molar-refractivity contribution in [2.24, 2.45) is 0 Å². The van der Waals surface area contributed by atoms with Gasteiger partial charge in [-0.15, -0.1) is 0 Å². The van der Waals surface area contributed by atoms with Gasteiger partial charge in [0.05, 0.1) is 44.7 Å². The van der Waals surface area contributed by atoms with Crippen molar-refractivity contribution >= 4 is 17.7 Å². The number of carbonyl (C=O) groups is 2. The van der Waals surface area contributed by atoms with Gasteiger partial charge in [-0.3, -0.25) is 0 Å². The molecule has 2 N–H and O–H groups in total. The number of methoxy groups -OCH3 is 2. The first-order chi connectivity index (χ1) is 15.5. The number of hydrogen-bond donors (Lipinski definition) is 2. The smallest absolute Gasteiger partial charge is 0.338 e. The molecular weight excluding hydrogens is 412 g/mol. The summed E-state index contributed by atoms with van der Waals surface area (Å²) in [5.41, 5.74) is 2.00. The molecule has 0 aliphatic carbocycles. The third-order valence-electron chi connectivity index (χ3n) is 4.93. The van der Waals surface area contributed by atoms with Crippen LogP contribution in [0, 0.1) is 0 Å². The minimum Gasteiger partial charge on any atom is -0.497 e. The Balaban J connectivity index is 2.13. The fourth-order valence-corrected chi connectivity index (χ4v) is 3.43. The topological polar surface area (TPSA) is 95.1 Å². The van der Waals surface area contributed by atoms with Crippen LogP contribution in [0.25, 0.3) is 5.70 Å². The molecule has 1 heterocycles. The molecule has 0 saturated carbocycles. The Morgan fingerprint density at radius 1 is 1.00 bits per heavy atom. The van der Waals surface area contributed by atoms with Gasteiger partial charge in [0.1, 0.15) is 5.75 Å². The maximum atomic E-state index is 13.0. The van der Waals surface area contributed by atoms with E-state index in [1.807, 2.05) is 6.92 Å². The minimum absolute atomic E-state index is 0.201. The van der Waals surface area contributed by atoms with E-state index in [2.05, 4.69) is 10.6 Å². The van der Waals surface area contributed by atoms with Crippen molar-refractivity contribution in [3.05, 3.63) is 59.2 Å². The largest absolute Gasteiger partial charge is 0.497 e. The average Bonchev–Trinajstić information content (AvgIpc) is 2.82. The third-order valence-corrected chi connectivity index (χ3v) is 4.93. The van der Waals surface area contributed by atoms with E-state index in [-0.39, 0.29) is 6.61 Å². The molecule has 32 heavy (non-hydrogen) atoms. The first-order valence-corrected chi connectivity index (χ1v) is 10.5. The molecular formula is C24H28N2O6. The van der Waals surface area contributed by atoms with Gasteiger partial charge in [0.2, 0.25) is 0 Å². The Bertz CT molecular complexity index is 1000. The number of carbonyl (C=O) groups excluding carboxylic acids is 2. The minimum atomic E-state index is -0.741. The first kappa shape index (κ1) is 23.0. The summed E-state index contributed by atoms with van der Waals surface area (Å²) in [4.78, 5) is 25.6. The lowest BCUT2D eigenvalue weighted by atomic mass is 9.92. The Kier molecular flexibility index (Phi) is 7.59. The lowest BCUT2D eigenvalue weighted by molar-refractivity contribution is -0.138. The average molecular weight is 440 g/mol. The van der Waals surface area contributed by atoms with E-state index < -0.39 is 18.0 Å². The number of benzene rings is 2. The van der Waals surface area contributed by atoms with E-state index in [0.29, 0.717) is 46.3 Å². The van der Waals surface area contributed by atoms with Crippen LogP contribution in [0.1, 0.15) is 37.4 Å². The predicted molar refractivity (Wildman–Crippen MR) is 120 cm³/mol. The van der Waals surface area contributed by atoms with Crippen molar-refractivity contribution in [1.29, 1.82) is 0 Å². The van der Waals surface area contributed by atoms with Crippen LogP contribution in [-0.2, 0) is 9.53 Å². The fourth-order valence-electron chi connectivity index (χ4n) is 3.43. The second-order valence-corrected chi connectivity index (χ2v) is 7.03. The SMILES string of the molecule is CCCOc1cc(C2NC(=O)NC(c3ccc(OC)cc3)=C2C(=O)OCC)ccc1OC. The standard InChI is InChI=1S/C24H28N2O6/c1-5-13-32-19-14-16(9-12-18(19)30-4)22-20(23(27)31-6-2)21(25-24(28)26-22)15-7-10-17(29-3)11-8-15/h7-12,14,22H,5-6,13H2,1-4H3,(H2,25,26,28). The molecule has 0 fully saturated rings. The van der Waals surface area contributed by atoms with Crippen molar-refractivity contribution in [2.75, 3.05) is 27.4 Å². The van der Waals surface area contributed by atoms with Crippen LogP contribution in [0.15, 0.2) is 48.0 Å². The third kappa shape index (κ3) is 4.96. The molecule has 0 aromatic heterocycles. The molecule has 0 spiro atoms. The van der Waals surface area contributed by atoms with Crippen molar-refractivity contribution in [3.8, 4) is 17.2 Å². The number of urea groups is 1. The Labute approximate surface area is 187 Å². The summed E-state index contributed by atoms with van der Waals surface area (Å²) in [7, 11) is 3.13. The van der Waals surface area contributed by atoms with Gasteiger partial charge >= 0.3 is 12.0 Å². The summed E-state index contributed by atoms with van der Waals surface area (Å²) in [6.45, 7) is 4.45. The Morgan fingerprint density at radius 2 is 1.75 bits per heavy atom. The molecule has 0 saturated heterocycles. The molecule has 1 atom stereocenters. The molecule has 3 rings (SSSR count). The highest BCUT2D eigenvalue weighted by Gasteiger charge is 2.34. The molecule has 1 unspecified atom stereocenters. The Morgan fingerprint density at radius 3 is 2.38 bits per heavy atom. The lowest BCUT2D eigenvalue weighted by Gasteiger charge is -2.30. The summed E-state index contributed by atoms with van der Waals surface area (Å²) in [5, 5.41) is 5.60. The van der Waals surface area contributed by atoms with E-state index in [1.165, 1.54) is 0 Å². The van der Waals surface area contributed by atoms with E-state index >= 15 is 0 Å². The van der Waals surface area contributed by atoms with Gasteiger partial charge in [-0.2, -0.15) is 0 Å². The monoisotopic (exact) mass is 440 g/mol. The number of nitrogens with one attached hydrogen (secondary N) is 2. The van der Waals surface area contributed by atoms with Crippen LogP contribution in [-0.4, -0.2) is 39.4 Å². The molecule has 8 nitrogen and oxygen atoms in total. The van der Waals surface area contributed by atoms with E-state index in [9.17, 15) is 9.59 Å². The summed E-state index contributed by atoms with van der Waals surface area (Å²) < 4.78 is 21.8. The van der Waals surface area contributed by atoms with Crippen molar-refractivity contribution in [2.45, 2.75) is 26.3 Å². The lowest BCUT2D eigenvalue weighted by Crippen LogP contribution is -2.45. The van der Waals surface area contributed by atoms with E-state index in [4.69, 9.17) is 18.9 Å². The van der Waals surface area contributed by atoms with Gasteiger partial charge in [-0.25, -0.2) is 9.59 Å². The maximum absolute atomic E-state index is 13.0. The molecule has 2 aromatic rings. The van der Waals surface area contributed by atoms with Crippen LogP contribution in [0.2, 0.25) is 0 Å². The number of amides is 2. The summed E-state index contributed by atoms with van der Waals surface area (Å²) in [6.07, 6.45) is 0.826.